The van der Waals surface area contributed by atoms with Crippen LogP contribution in [0.4, 0.5) is 0 Å². The molecule has 2 unspecified atom stereocenters. The van der Waals surface area contributed by atoms with E-state index >= 15 is 0 Å². The summed E-state index contributed by atoms with van der Waals surface area (Å²) in [5.41, 5.74) is 3.16. The third-order valence-electron chi connectivity index (χ3n) is 3.40. The number of rotatable bonds is 1. The Bertz CT molecular complexity index is 384. The molecule has 2 aliphatic carbocycles. The molecule has 14 heavy (non-hydrogen) atoms. The zero-order chi connectivity index (χ0) is 9.38. The van der Waals surface area contributed by atoms with E-state index < -0.39 is 0 Å². The normalized spacial score (nSPS) is 29.0. The van der Waals surface area contributed by atoms with Gasteiger partial charge in [-0.15, -0.1) is 0 Å². The minimum Gasteiger partial charge on any atom is -0.0841 e. The summed E-state index contributed by atoms with van der Waals surface area (Å²) in [6, 6.07) is 10.9. The Hall–Kier alpha value is -1.30. The van der Waals surface area contributed by atoms with E-state index in [9.17, 15) is 0 Å². The second-order valence-corrected chi connectivity index (χ2v) is 4.19. The molecule has 70 valence electrons. The van der Waals surface area contributed by atoms with Crippen molar-refractivity contribution < 1.29 is 0 Å². The number of fused-ring (bicyclic) bond motifs is 1. The second-order valence-electron chi connectivity index (χ2n) is 4.19. The van der Waals surface area contributed by atoms with E-state index in [1.807, 2.05) is 0 Å². The van der Waals surface area contributed by atoms with Crippen molar-refractivity contribution in [1.82, 2.24) is 0 Å². The summed E-state index contributed by atoms with van der Waals surface area (Å²) >= 11 is 0. The van der Waals surface area contributed by atoms with Crippen LogP contribution in [0.3, 0.4) is 0 Å². The SMILES string of the molecule is C1=CC2C(=CC1)CC2c1ccccc1. The molecule has 0 saturated heterocycles. The standard InChI is InChI=1S/C14H14/c1-2-6-11(7-3-1)14-10-12-8-4-5-9-13(12)14/h1-3,5-9,13-14H,4,10H2. The molecule has 2 atom stereocenters. The highest BCUT2D eigenvalue weighted by Crippen LogP contribution is 2.49. The first kappa shape index (κ1) is 8.05. The molecule has 2 aliphatic rings. The van der Waals surface area contributed by atoms with Crippen LogP contribution in [-0.4, -0.2) is 0 Å². The molecule has 1 fully saturated rings. The van der Waals surface area contributed by atoms with Crippen LogP contribution in [0.1, 0.15) is 24.3 Å². The smallest absolute Gasteiger partial charge is 0.00490 e. The second kappa shape index (κ2) is 3.13. The van der Waals surface area contributed by atoms with Crippen molar-refractivity contribution in [2.75, 3.05) is 0 Å². The summed E-state index contributed by atoms with van der Waals surface area (Å²) in [6.45, 7) is 0. The Morgan fingerprint density at radius 1 is 1.07 bits per heavy atom. The Labute approximate surface area is 85.0 Å². The molecule has 0 aliphatic heterocycles. The zero-order valence-corrected chi connectivity index (χ0v) is 8.19. The molecule has 0 nitrogen and oxygen atoms in total. The quantitative estimate of drug-likeness (QED) is 0.581. The highest BCUT2D eigenvalue weighted by Gasteiger charge is 2.35. The average Bonchev–Trinajstić information content (AvgIpc) is 2.22. The van der Waals surface area contributed by atoms with Gasteiger partial charge < -0.3 is 0 Å². The van der Waals surface area contributed by atoms with Crippen molar-refractivity contribution in [3.63, 3.8) is 0 Å². The predicted molar refractivity (Wildman–Crippen MR) is 59.1 cm³/mol. The Balaban J connectivity index is 1.87. The van der Waals surface area contributed by atoms with E-state index in [4.69, 9.17) is 0 Å². The fourth-order valence-electron chi connectivity index (χ4n) is 2.56. The van der Waals surface area contributed by atoms with Gasteiger partial charge in [0, 0.05) is 5.92 Å². The van der Waals surface area contributed by atoms with E-state index in [1.54, 1.807) is 5.57 Å². The molecule has 0 spiro atoms. The van der Waals surface area contributed by atoms with Gasteiger partial charge in [-0.2, -0.15) is 0 Å². The first-order valence-electron chi connectivity index (χ1n) is 5.36. The molecule has 3 rings (SSSR count). The van der Waals surface area contributed by atoms with Crippen LogP contribution in [0.5, 0.6) is 0 Å². The molecule has 0 heteroatoms. The van der Waals surface area contributed by atoms with Gasteiger partial charge in [-0.25, -0.2) is 0 Å². The van der Waals surface area contributed by atoms with Crippen LogP contribution in [0, 0.1) is 5.92 Å². The van der Waals surface area contributed by atoms with Crippen LogP contribution in [0.2, 0.25) is 0 Å². The lowest BCUT2D eigenvalue weighted by atomic mass is 9.64. The topological polar surface area (TPSA) is 0 Å². The molecule has 0 heterocycles. The fourth-order valence-corrected chi connectivity index (χ4v) is 2.56. The highest BCUT2D eigenvalue weighted by atomic mass is 14.4. The van der Waals surface area contributed by atoms with Gasteiger partial charge in [0.05, 0.1) is 0 Å². The van der Waals surface area contributed by atoms with Crippen molar-refractivity contribution in [3.05, 3.63) is 59.7 Å². The van der Waals surface area contributed by atoms with Gasteiger partial charge in [0.25, 0.3) is 0 Å². The third-order valence-corrected chi connectivity index (χ3v) is 3.40. The molecule has 0 amide bonds. The summed E-state index contributed by atoms with van der Waals surface area (Å²) in [5.74, 6) is 1.46. The van der Waals surface area contributed by atoms with Gasteiger partial charge in [0.15, 0.2) is 0 Å². The number of hydrogen-bond donors (Lipinski definition) is 0. The molecule has 1 aromatic rings. The number of allylic oxidation sites excluding steroid dienone is 4. The van der Waals surface area contributed by atoms with Crippen molar-refractivity contribution in [3.8, 4) is 0 Å². The summed E-state index contributed by atoms with van der Waals surface area (Å²) in [6.07, 6.45) is 9.50. The van der Waals surface area contributed by atoms with E-state index in [2.05, 4.69) is 48.6 Å². The molecular formula is C14H14. The van der Waals surface area contributed by atoms with Crippen molar-refractivity contribution in [1.29, 1.82) is 0 Å². The van der Waals surface area contributed by atoms with Gasteiger partial charge in [0.1, 0.15) is 0 Å². The van der Waals surface area contributed by atoms with Crippen LogP contribution in [0.25, 0.3) is 0 Å². The first-order valence-corrected chi connectivity index (χ1v) is 5.36. The summed E-state index contributed by atoms with van der Waals surface area (Å²) in [7, 11) is 0. The van der Waals surface area contributed by atoms with E-state index in [1.165, 1.54) is 12.0 Å². The summed E-state index contributed by atoms with van der Waals surface area (Å²) < 4.78 is 0. The minimum atomic E-state index is 0.714. The molecule has 1 saturated carbocycles. The Morgan fingerprint density at radius 3 is 2.71 bits per heavy atom. The lowest BCUT2D eigenvalue weighted by Gasteiger charge is -2.40. The van der Waals surface area contributed by atoms with Gasteiger partial charge in [0.2, 0.25) is 0 Å². The predicted octanol–water partition coefficient (Wildman–Crippen LogP) is 3.68. The summed E-state index contributed by atoms with van der Waals surface area (Å²) in [5, 5.41) is 0. The minimum absolute atomic E-state index is 0.714. The maximum Gasteiger partial charge on any atom is 0.00490 e. The number of hydrogen-bond acceptors (Lipinski definition) is 0. The van der Waals surface area contributed by atoms with Gasteiger partial charge >= 0.3 is 0 Å². The van der Waals surface area contributed by atoms with Crippen LogP contribution < -0.4 is 0 Å². The zero-order valence-electron chi connectivity index (χ0n) is 8.19. The van der Waals surface area contributed by atoms with Gasteiger partial charge in [-0.05, 0) is 24.3 Å². The molecule has 0 aromatic heterocycles. The van der Waals surface area contributed by atoms with Crippen LogP contribution in [0.15, 0.2) is 54.1 Å². The lowest BCUT2D eigenvalue weighted by molar-refractivity contribution is 0.433. The van der Waals surface area contributed by atoms with E-state index in [0.29, 0.717) is 5.92 Å². The fraction of sp³-hybridized carbons (Fsp3) is 0.286. The van der Waals surface area contributed by atoms with Crippen LogP contribution in [-0.2, 0) is 0 Å². The molecule has 0 bridgehead atoms. The third kappa shape index (κ3) is 1.14. The van der Waals surface area contributed by atoms with Crippen LogP contribution >= 0.6 is 0 Å². The monoisotopic (exact) mass is 182 g/mol. The lowest BCUT2D eigenvalue weighted by Crippen LogP contribution is -2.26. The number of benzene rings is 1. The van der Waals surface area contributed by atoms with E-state index in [0.717, 1.165) is 12.3 Å². The molecular weight excluding hydrogens is 168 g/mol. The molecule has 1 aromatic carbocycles. The largest absolute Gasteiger partial charge is 0.0841 e. The van der Waals surface area contributed by atoms with Gasteiger partial charge in [-0.3, -0.25) is 0 Å². The summed E-state index contributed by atoms with van der Waals surface area (Å²) in [4.78, 5) is 0. The van der Waals surface area contributed by atoms with Crippen molar-refractivity contribution >= 4 is 0 Å². The van der Waals surface area contributed by atoms with Crippen molar-refractivity contribution in [2.24, 2.45) is 5.92 Å². The average molecular weight is 182 g/mol. The molecule has 0 N–H and O–H groups in total. The van der Waals surface area contributed by atoms with Crippen molar-refractivity contribution in [2.45, 2.75) is 18.8 Å². The van der Waals surface area contributed by atoms with Gasteiger partial charge in [-0.1, -0.05) is 54.1 Å². The maximum atomic E-state index is 2.39. The molecule has 0 radical (unpaired) electrons. The highest BCUT2D eigenvalue weighted by molar-refractivity contribution is 5.38. The Kier molecular flexibility index (Phi) is 1.80. The first-order chi connectivity index (χ1) is 6.95. The maximum absolute atomic E-state index is 2.39. The van der Waals surface area contributed by atoms with E-state index in [-0.39, 0.29) is 0 Å². The Morgan fingerprint density at radius 2 is 1.93 bits per heavy atom.